The first-order valence-corrected chi connectivity index (χ1v) is 14.1. The number of carbonyl (C=O) groups excluding carboxylic acids is 1. The fourth-order valence-electron chi connectivity index (χ4n) is 4.42. The van der Waals surface area contributed by atoms with Gasteiger partial charge in [-0.05, 0) is 49.6 Å². The third-order valence-corrected chi connectivity index (χ3v) is 8.17. The molecule has 1 saturated heterocycles. The highest BCUT2D eigenvalue weighted by atomic mass is 32.1. The fraction of sp³-hybridized carbons (Fsp3) is 0.320. The number of pyridine rings is 1. The van der Waals surface area contributed by atoms with E-state index in [2.05, 4.69) is 76.7 Å². The monoisotopic (exact) mass is 528 g/mol. The minimum atomic E-state index is -0.388. The summed E-state index contributed by atoms with van der Waals surface area (Å²) in [5.41, 5.74) is 4.64. The first kappa shape index (κ1) is 28.6. The van der Waals surface area contributed by atoms with Crippen LogP contribution < -0.4 is 5.32 Å². The molecule has 39 heavy (non-hydrogen) atoms. The molecule has 0 unspecified atom stereocenters. The Labute approximate surface area is 240 Å². The Morgan fingerprint density at radius 1 is 1.00 bits per heavy atom. The van der Waals surface area contributed by atoms with Crippen LogP contribution in [0.5, 0.6) is 0 Å². The molecule has 1 N–H and O–H groups in total. The van der Waals surface area contributed by atoms with Gasteiger partial charge < -0.3 is 4.90 Å². The summed E-state index contributed by atoms with van der Waals surface area (Å²) < 4.78 is 0. The SMILES string of the molecule is BC(B)(B)c1cc(-c2sc(NC(=O)N3CCC(C)(C#N)CC3)nc2-c2cccc(C#N)c2)cc(C(B)(B)B)n1. The van der Waals surface area contributed by atoms with E-state index >= 15 is 0 Å². The second kappa shape index (κ2) is 10.7. The molecule has 0 aliphatic carbocycles. The van der Waals surface area contributed by atoms with Gasteiger partial charge in [0, 0.05) is 30.0 Å². The van der Waals surface area contributed by atoms with Crippen molar-refractivity contribution in [1.29, 1.82) is 10.5 Å². The zero-order valence-electron chi connectivity index (χ0n) is 23.8. The molecule has 0 saturated carbocycles. The van der Waals surface area contributed by atoms with E-state index in [1.165, 1.54) is 11.3 Å². The average molecular weight is 527 g/mol. The summed E-state index contributed by atoms with van der Waals surface area (Å²) in [5, 5.41) is 22.1. The number of aromatic nitrogens is 2. The van der Waals surface area contributed by atoms with Gasteiger partial charge in [0.2, 0.25) is 0 Å². The van der Waals surface area contributed by atoms with Gasteiger partial charge in [-0.25, -0.2) is 9.78 Å². The lowest BCUT2D eigenvalue weighted by molar-refractivity contribution is 0.166. The molecular weight excluding hydrogens is 497 g/mol. The van der Waals surface area contributed by atoms with Crippen LogP contribution >= 0.6 is 11.3 Å². The number of hydrogen-bond donors (Lipinski definition) is 1. The third kappa shape index (κ3) is 6.45. The molecule has 190 valence electrons. The smallest absolute Gasteiger partial charge is 0.323 e. The second-order valence-corrected chi connectivity index (χ2v) is 13.6. The number of hydrogen-bond acceptors (Lipinski definition) is 6. The van der Waals surface area contributed by atoms with Crippen molar-refractivity contribution in [2.24, 2.45) is 5.41 Å². The van der Waals surface area contributed by atoms with Crippen LogP contribution in [0.4, 0.5) is 9.93 Å². The van der Waals surface area contributed by atoms with Crippen LogP contribution in [0.3, 0.4) is 0 Å². The number of carbonyl (C=O) groups is 1. The van der Waals surface area contributed by atoms with E-state index in [0.29, 0.717) is 42.3 Å². The lowest BCUT2D eigenvalue weighted by Crippen LogP contribution is -2.43. The molecule has 2 aromatic heterocycles. The predicted molar refractivity (Wildman–Crippen MR) is 174 cm³/mol. The maximum absolute atomic E-state index is 13.2. The quantitative estimate of drug-likeness (QED) is 0.425. The van der Waals surface area contributed by atoms with Gasteiger partial charge in [0.05, 0.1) is 80.8 Å². The number of benzene rings is 1. The molecule has 1 aromatic carbocycles. The number of thiazole rings is 1. The Hall–Kier alpha value is -3.36. The molecule has 1 fully saturated rings. The van der Waals surface area contributed by atoms with E-state index in [9.17, 15) is 15.3 Å². The molecule has 7 nitrogen and oxygen atoms in total. The number of likely N-dealkylation sites (tertiary alicyclic amines) is 1. The van der Waals surface area contributed by atoms with Gasteiger partial charge in [-0.1, -0.05) is 33.7 Å². The number of amides is 2. The van der Waals surface area contributed by atoms with Crippen molar-refractivity contribution >= 4 is 69.6 Å². The number of nitrogens with one attached hydrogen (secondary N) is 1. The van der Waals surface area contributed by atoms with Gasteiger partial charge in [-0.2, -0.15) is 10.5 Å². The van der Waals surface area contributed by atoms with E-state index < -0.39 is 0 Å². The minimum Gasteiger partial charge on any atom is -0.324 e. The average Bonchev–Trinajstić information content (AvgIpc) is 3.31. The van der Waals surface area contributed by atoms with Crippen molar-refractivity contribution in [1.82, 2.24) is 14.9 Å². The number of nitrogens with zero attached hydrogens (tertiary/aromatic N) is 5. The Bertz CT molecular complexity index is 1460. The van der Waals surface area contributed by atoms with Gasteiger partial charge in [-0.3, -0.25) is 10.3 Å². The first-order valence-electron chi connectivity index (χ1n) is 13.2. The van der Waals surface area contributed by atoms with Crippen LogP contribution in [0.25, 0.3) is 21.7 Å². The highest BCUT2D eigenvalue weighted by Gasteiger charge is 2.32. The molecule has 3 aromatic rings. The lowest BCUT2D eigenvalue weighted by atomic mass is 9.40. The summed E-state index contributed by atoms with van der Waals surface area (Å²) in [6.45, 7) is 3.00. The Morgan fingerprint density at radius 2 is 1.62 bits per heavy atom. The zero-order chi connectivity index (χ0) is 28.6. The molecule has 4 rings (SSSR count). The number of nitriles is 2. The van der Waals surface area contributed by atoms with Crippen molar-refractivity contribution in [3.63, 3.8) is 0 Å². The van der Waals surface area contributed by atoms with Gasteiger partial charge in [0.1, 0.15) is 0 Å². The summed E-state index contributed by atoms with van der Waals surface area (Å²) in [6, 6.07) is 16.0. The van der Waals surface area contributed by atoms with E-state index in [0.717, 1.165) is 27.4 Å². The van der Waals surface area contributed by atoms with Gasteiger partial charge in [-0.15, -0.1) is 0 Å². The number of anilines is 1. The highest BCUT2D eigenvalue weighted by Crippen LogP contribution is 2.41. The minimum absolute atomic E-state index is 0.162. The zero-order valence-corrected chi connectivity index (χ0v) is 24.7. The maximum Gasteiger partial charge on any atom is 0.323 e. The van der Waals surface area contributed by atoms with E-state index in [4.69, 9.17) is 9.97 Å². The summed E-state index contributed by atoms with van der Waals surface area (Å²) in [6.07, 6.45) is 1.29. The summed E-state index contributed by atoms with van der Waals surface area (Å²) in [7, 11) is 12.9. The Morgan fingerprint density at radius 3 is 2.15 bits per heavy atom. The van der Waals surface area contributed by atoms with Crippen LogP contribution in [0.15, 0.2) is 36.4 Å². The summed E-state index contributed by atoms with van der Waals surface area (Å²) >= 11 is 1.42. The normalized spacial score (nSPS) is 15.2. The topological polar surface area (TPSA) is 106 Å². The molecule has 2 amide bonds. The summed E-state index contributed by atoms with van der Waals surface area (Å²) in [4.78, 5) is 25.7. The lowest BCUT2D eigenvalue weighted by Gasteiger charge is -2.34. The second-order valence-electron chi connectivity index (χ2n) is 12.6. The summed E-state index contributed by atoms with van der Waals surface area (Å²) in [5.74, 6) is 0. The molecule has 1 aliphatic heterocycles. The molecule has 0 radical (unpaired) electrons. The van der Waals surface area contributed by atoms with Gasteiger partial charge >= 0.3 is 6.03 Å². The van der Waals surface area contributed by atoms with Crippen molar-refractivity contribution in [3.05, 3.63) is 53.3 Å². The number of urea groups is 1. The predicted octanol–water partition coefficient (Wildman–Crippen LogP) is -1.08. The van der Waals surface area contributed by atoms with Crippen LogP contribution in [0, 0.1) is 28.1 Å². The number of rotatable bonds is 5. The van der Waals surface area contributed by atoms with Gasteiger partial charge in [0.25, 0.3) is 0 Å². The third-order valence-electron chi connectivity index (χ3n) is 7.15. The van der Waals surface area contributed by atoms with Crippen molar-refractivity contribution in [2.45, 2.75) is 30.0 Å². The standard InChI is InChI=1S/C25H30B6N6OS/c1-23(13-33)5-7-37(8-6-23)22(38)36-21-35-19(15-4-2-3-14(9-15)12-32)20(39-21)16-10-17(24(26,27)28)34-18(11-16)25(29,30)31/h2-4,9-11H,5-8,26-31H2,1H3,(H,35,36,38). The van der Waals surface area contributed by atoms with Crippen molar-refractivity contribution in [3.8, 4) is 33.8 Å². The van der Waals surface area contributed by atoms with Crippen LogP contribution in [0.2, 0.25) is 0 Å². The molecule has 0 atom stereocenters. The largest absolute Gasteiger partial charge is 0.324 e. The molecule has 1 aliphatic rings. The van der Waals surface area contributed by atoms with Crippen LogP contribution in [-0.4, -0.2) is 81.1 Å². The van der Waals surface area contributed by atoms with E-state index in [1.807, 2.05) is 25.1 Å². The van der Waals surface area contributed by atoms with E-state index in [-0.39, 0.29) is 21.7 Å². The van der Waals surface area contributed by atoms with Crippen molar-refractivity contribution < 1.29 is 4.79 Å². The molecule has 14 heteroatoms. The molecule has 0 spiro atoms. The first-order chi connectivity index (χ1) is 18.2. The molecular formula is C25H30B6N6OS. The highest BCUT2D eigenvalue weighted by molar-refractivity contribution is 7.19. The molecule has 0 bridgehead atoms. The van der Waals surface area contributed by atoms with Crippen LogP contribution in [0.1, 0.15) is 36.7 Å². The molecule has 3 heterocycles. The van der Waals surface area contributed by atoms with E-state index in [1.54, 1.807) is 11.0 Å². The number of piperidine rings is 1. The maximum atomic E-state index is 13.2. The van der Waals surface area contributed by atoms with Crippen LogP contribution in [-0.2, 0) is 10.2 Å². The fourth-order valence-corrected chi connectivity index (χ4v) is 5.38. The van der Waals surface area contributed by atoms with Crippen molar-refractivity contribution in [2.75, 3.05) is 18.4 Å². The van der Waals surface area contributed by atoms with Gasteiger partial charge in [0.15, 0.2) is 5.13 Å². The Kier molecular flexibility index (Phi) is 7.83. The Balaban J connectivity index is 1.79.